The van der Waals surface area contributed by atoms with Crippen LogP contribution in [0.2, 0.25) is 0 Å². The maximum Gasteiger partial charge on any atom is 0.259 e. The molecule has 0 heterocycles. The smallest absolute Gasteiger partial charge is 0.259 e. The first-order valence-corrected chi connectivity index (χ1v) is 4.97. The number of ether oxygens (including phenoxy) is 5. The number of rotatable bonds is 6. The largest absolute Gasteiger partial charge is 0.493 e. The summed E-state index contributed by atoms with van der Waals surface area (Å²) in [6.45, 7) is 0. The van der Waals surface area contributed by atoms with Gasteiger partial charge in [0.05, 0.1) is 26.9 Å². The fourth-order valence-electron chi connectivity index (χ4n) is 1.57. The molecule has 0 fully saturated rings. The van der Waals surface area contributed by atoms with Crippen molar-refractivity contribution in [2.45, 2.75) is 0 Å². The Morgan fingerprint density at radius 1 is 0.765 bits per heavy atom. The lowest BCUT2D eigenvalue weighted by Gasteiger charge is -2.18. The second kappa shape index (κ2) is 6.32. The van der Waals surface area contributed by atoms with Gasteiger partial charge >= 0.3 is 0 Å². The van der Waals surface area contributed by atoms with Crippen molar-refractivity contribution in [3.8, 4) is 17.2 Å². The molecule has 0 aliphatic rings. The molecule has 1 radical (unpaired) electrons. The van der Waals surface area contributed by atoms with Crippen LogP contribution in [-0.4, -0.2) is 35.5 Å². The number of hydrogen-bond acceptors (Lipinski definition) is 5. The topological polar surface area (TPSA) is 46.2 Å². The van der Waals surface area contributed by atoms with Crippen molar-refractivity contribution in [1.29, 1.82) is 0 Å². The Bertz CT molecular complexity index is 360. The number of benzene rings is 1. The molecule has 0 bridgehead atoms. The summed E-state index contributed by atoms with van der Waals surface area (Å²) in [6.07, 6.45) is 0.350. The van der Waals surface area contributed by atoms with Crippen LogP contribution in [0.1, 0.15) is 5.56 Å². The van der Waals surface area contributed by atoms with Crippen LogP contribution in [0.3, 0.4) is 0 Å². The van der Waals surface area contributed by atoms with Crippen LogP contribution in [-0.2, 0) is 9.47 Å². The lowest BCUT2D eigenvalue weighted by molar-refractivity contribution is 0.0254. The van der Waals surface area contributed by atoms with E-state index in [4.69, 9.17) is 23.7 Å². The summed E-state index contributed by atoms with van der Waals surface area (Å²) in [5, 5.41) is 0. The highest BCUT2D eigenvalue weighted by Gasteiger charge is 2.23. The molecular formula is C12H17O5. The molecular weight excluding hydrogens is 224 g/mol. The van der Waals surface area contributed by atoms with Gasteiger partial charge in [-0.3, -0.25) is 0 Å². The first-order valence-electron chi connectivity index (χ1n) is 4.97. The molecule has 0 saturated carbocycles. The Balaban J connectivity index is 3.31. The normalized spacial score (nSPS) is 10.5. The lowest BCUT2D eigenvalue weighted by atomic mass is 10.1. The van der Waals surface area contributed by atoms with E-state index >= 15 is 0 Å². The number of hydrogen-bond donors (Lipinski definition) is 0. The molecule has 0 atom stereocenters. The second-order valence-electron chi connectivity index (χ2n) is 3.08. The summed E-state index contributed by atoms with van der Waals surface area (Å²) < 4.78 is 26.0. The first-order chi connectivity index (χ1) is 8.23. The highest BCUT2D eigenvalue weighted by molar-refractivity contribution is 5.58. The number of methoxy groups -OCH3 is 5. The van der Waals surface area contributed by atoms with Crippen LogP contribution in [0.4, 0.5) is 0 Å². The van der Waals surface area contributed by atoms with Crippen LogP contribution < -0.4 is 14.2 Å². The van der Waals surface area contributed by atoms with Gasteiger partial charge in [-0.05, 0) is 12.1 Å². The van der Waals surface area contributed by atoms with Crippen molar-refractivity contribution in [2.24, 2.45) is 0 Å². The van der Waals surface area contributed by atoms with E-state index in [1.165, 1.54) is 14.2 Å². The van der Waals surface area contributed by atoms with Gasteiger partial charge in [0.15, 0.2) is 11.5 Å². The van der Waals surface area contributed by atoms with Gasteiger partial charge in [0.2, 0.25) is 5.75 Å². The zero-order valence-corrected chi connectivity index (χ0v) is 10.7. The van der Waals surface area contributed by atoms with E-state index in [1.807, 2.05) is 0 Å². The highest BCUT2D eigenvalue weighted by Crippen LogP contribution is 2.42. The Hall–Kier alpha value is -1.46. The van der Waals surface area contributed by atoms with E-state index in [9.17, 15) is 0 Å². The molecule has 17 heavy (non-hydrogen) atoms. The van der Waals surface area contributed by atoms with E-state index in [0.717, 1.165) is 0 Å². The van der Waals surface area contributed by atoms with Crippen molar-refractivity contribution < 1.29 is 23.7 Å². The van der Waals surface area contributed by atoms with Crippen LogP contribution in [0.5, 0.6) is 17.2 Å². The molecule has 0 N–H and O–H groups in total. The summed E-state index contributed by atoms with van der Waals surface area (Å²) in [7, 11) is 7.70. The van der Waals surface area contributed by atoms with E-state index in [-0.39, 0.29) is 0 Å². The highest BCUT2D eigenvalue weighted by atomic mass is 16.7. The summed E-state index contributed by atoms with van der Waals surface area (Å²) in [6, 6.07) is 3.54. The molecule has 1 aromatic rings. The van der Waals surface area contributed by atoms with Gasteiger partial charge in [0.1, 0.15) is 0 Å². The monoisotopic (exact) mass is 241 g/mol. The lowest BCUT2D eigenvalue weighted by Crippen LogP contribution is -2.08. The van der Waals surface area contributed by atoms with Gasteiger partial charge < -0.3 is 23.7 Å². The minimum Gasteiger partial charge on any atom is -0.493 e. The maximum absolute atomic E-state index is 5.31. The molecule has 0 amide bonds. The van der Waals surface area contributed by atoms with Crippen molar-refractivity contribution in [3.63, 3.8) is 0 Å². The molecule has 1 rings (SSSR count). The van der Waals surface area contributed by atoms with Crippen LogP contribution in [0.25, 0.3) is 0 Å². The zero-order valence-electron chi connectivity index (χ0n) is 10.7. The van der Waals surface area contributed by atoms with Gasteiger partial charge in [-0.25, -0.2) is 0 Å². The second-order valence-corrected chi connectivity index (χ2v) is 3.08. The summed E-state index contributed by atoms with van der Waals surface area (Å²) >= 11 is 0. The van der Waals surface area contributed by atoms with Crippen LogP contribution >= 0.6 is 0 Å². The standard InChI is InChI=1S/C12H17O5/c1-13-9-7-6-8(12(16-4)17-5)10(14-2)11(9)15-3/h6-7H,1-5H3. The fourth-order valence-corrected chi connectivity index (χ4v) is 1.57. The molecule has 0 saturated heterocycles. The van der Waals surface area contributed by atoms with E-state index in [0.29, 0.717) is 29.1 Å². The fraction of sp³-hybridized carbons (Fsp3) is 0.417. The van der Waals surface area contributed by atoms with E-state index < -0.39 is 0 Å². The Morgan fingerprint density at radius 3 is 1.76 bits per heavy atom. The molecule has 0 spiro atoms. The quantitative estimate of drug-likeness (QED) is 0.760. The zero-order chi connectivity index (χ0) is 12.8. The average Bonchev–Trinajstić information content (AvgIpc) is 2.39. The first kappa shape index (κ1) is 13.6. The van der Waals surface area contributed by atoms with Crippen molar-refractivity contribution >= 4 is 0 Å². The van der Waals surface area contributed by atoms with Gasteiger partial charge in [-0.1, -0.05) is 0 Å². The predicted molar refractivity (Wildman–Crippen MR) is 62.5 cm³/mol. The maximum atomic E-state index is 5.31. The molecule has 0 aliphatic carbocycles. The Morgan fingerprint density at radius 2 is 1.35 bits per heavy atom. The van der Waals surface area contributed by atoms with Gasteiger partial charge in [-0.2, -0.15) is 0 Å². The molecule has 0 aliphatic heterocycles. The van der Waals surface area contributed by atoms with E-state index in [2.05, 4.69) is 0 Å². The van der Waals surface area contributed by atoms with Gasteiger partial charge in [-0.15, -0.1) is 0 Å². The van der Waals surface area contributed by atoms with E-state index in [1.54, 1.807) is 33.5 Å². The predicted octanol–water partition coefficient (Wildman–Crippen LogP) is 1.84. The van der Waals surface area contributed by atoms with Crippen LogP contribution in [0, 0.1) is 6.29 Å². The van der Waals surface area contributed by atoms with Crippen molar-refractivity contribution in [2.75, 3.05) is 35.5 Å². The summed E-state index contributed by atoms with van der Waals surface area (Å²) in [5.41, 5.74) is 0.662. The third-order valence-corrected chi connectivity index (χ3v) is 2.29. The molecule has 95 valence electrons. The molecule has 0 unspecified atom stereocenters. The van der Waals surface area contributed by atoms with Gasteiger partial charge in [0.25, 0.3) is 6.29 Å². The third-order valence-electron chi connectivity index (χ3n) is 2.29. The SMILES string of the molecule is CO[C](OC)c1ccc(OC)c(OC)c1OC. The molecule has 5 heteroatoms. The molecule has 1 aromatic carbocycles. The summed E-state index contributed by atoms with van der Waals surface area (Å²) in [5.74, 6) is 1.59. The minimum absolute atomic E-state index is 0.350. The average molecular weight is 241 g/mol. The Kier molecular flexibility index (Phi) is 5.06. The van der Waals surface area contributed by atoms with Gasteiger partial charge in [0, 0.05) is 14.2 Å². The minimum atomic E-state index is 0.350. The third kappa shape index (κ3) is 2.62. The Labute approximate surface area is 101 Å². The van der Waals surface area contributed by atoms with Crippen molar-refractivity contribution in [1.82, 2.24) is 0 Å². The van der Waals surface area contributed by atoms with Crippen LogP contribution in [0.15, 0.2) is 12.1 Å². The van der Waals surface area contributed by atoms with Crippen molar-refractivity contribution in [3.05, 3.63) is 24.0 Å². The molecule has 5 nitrogen and oxygen atoms in total. The molecule has 0 aromatic heterocycles. The summed E-state index contributed by atoms with van der Waals surface area (Å²) in [4.78, 5) is 0.